The summed E-state index contributed by atoms with van der Waals surface area (Å²) in [6, 6.07) is 0. The van der Waals surface area contributed by atoms with Crippen molar-refractivity contribution in [3.63, 3.8) is 0 Å². The normalized spacial score (nSPS) is 13.3. The van der Waals surface area contributed by atoms with Crippen molar-refractivity contribution in [2.45, 2.75) is 12.5 Å². The summed E-state index contributed by atoms with van der Waals surface area (Å²) < 4.78 is 5.30. The number of aliphatic hydroxyl groups excluding tert-OH is 3. The summed E-state index contributed by atoms with van der Waals surface area (Å²) in [5, 5.41) is 36.8. The van der Waals surface area contributed by atoms with Gasteiger partial charge in [-0.05, 0) is 0 Å². The Morgan fingerprint density at radius 3 is 2.12 bits per heavy atom. The maximum atomic E-state index is 10.5. The highest BCUT2D eigenvalue weighted by Crippen LogP contribution is 2.02. The van der Waals surface area contributed by atoms with Crippen molar-refractivity contribution in [1.82, 2.24) is 4.90 Å². The van der Waals surface area contributed by atoms with Crippen LogP contribution in [-0.4, -0.2) is 79.0 Å². The van der Waals surface area contributed by atoms with Crippen LogP contribution >= 0.6 is 0 Å². The SMILES string of the molecule is [O]CCC(CN(CCO)CCO)OCCO. The second kappa shape index (κ2) is 11.3. The lowest BCUT2D eigenvalue weighted by atomic mass is 10.2. The number of hydrogen-bond donors (Lipinski definition) is 3. The van der Waals surface area contributed by atoms with Crippen LogP contribution in [0.15, 0.2) is 0 Å². The second-order valence-electron chi connectivity index (χ2n) is 3.46. The maximum Gasteiger partial charge on any atom is 0.0847 e. The molecule has 0 aromatic heterocycles. The number of rotatable bonds is 11. The molecule has 97 valence electrons. The summed E-state index contributed by atoms with van der Waals surface area (Å²) in [5.74, 6) is 0. The van der Waals surface area contributed by atoms with E-state index in [1.54, 1.807) is 0 Å². The Labute approximate surface area is 96.1 Å². The molecule has 1 atom stereocenters. The van der Waals surface area contributed by atoms with Crippen molar-refractivity contribution in [3.8, 4) is 0 Å². The van der Waals surface area contributed by atoms with Gasteiger partial charge in [0.2, 0.25) is 0 Å². The van der Waals surface area contributed by atoms with Gasteiger partial charge in [-0.15, -0.1) is 0 Å². The molecule has 1 unspecified atom stereocenters. The molecular formula is C10H22NO5. The summed E-state index contributed by atoms with van der Waals surface area (Å²) in [5.41, 5.74) is 0. The van der Waals surface area contributed by atoms with E-state index >= 15 is 0 Å². The molecule has 1 radical (unpaired) electrons. The van der Waals surface area contributed by atoms with E-state index in [2.05, 4.69) is 0 Å². The van der Waals surface area contributed by atoms with Gasteiger partial charge in [-0.1, -0.05) is 0 Å². The van der Waals surface area contributed by atoms with Crippen molar-refractivity contribution < 1.29 is 25.2 Å². The first-order valence-corrected chi connectivity index (χ1v) is 5.53. The summed E-state index contributed by atoms with van der Waals surface area (Å²) in [7, 11) is 0. The van der Waals surface area contributed by atoms with Crippen LogP contribution in [0.4, 0.5) is 0 Å². The lowest BCUT2D eigenvalue weighted by Gasteiger charge is -2.25. The highest BCUT2D eigenvalue weighted by molar-refractivity contribution is 4.66. The lowest BCUT2D eigenvalue weighted by molar-refractivity contribution is -0.0137. The third-order valence-electron chi connectivity index (χ3n) is 2.18. The fourth-order valence-electron chi connectivity index (χ4n) is 1.44. The summed E-state index contributed by atoms with van der Waals surface area (Å²) in [6.07, 6.45) is 0.121. The minimum absolute atomic E-state index is 0.00406. The van der Waals surface area contributed by atoms with Gasteiger partial charge in [0.15, 0.2) is 0 Å². The second-order valence-corrected chi connectivity index (χ2v) is 3.46. The maximum absolute atomic E-state index is 10.5. The molecule has 0 bridgehead atoms. The highest BCUT2D eigenvalue weighted by atomic mass is 16.5. The highest BCUT2D eigenvalue weighted by Gasteiger charge is 2.14. The third kappa shape index (κ3) is 7.98. The van der Waals surface area contributed by atoms with E-state index in [0.29, 0.717) is 26.1 Å². The van der Waals surface area contributed by atoms with Crippen LogP contribution in [0.1, 0.15) is 6.42 Å². The minimum atomic E-state index is -0.247. The van der Waals surface area contributed by atoms with Gasteiger partial charge in [0.25, 0.3) is 0 Å². The zero-order valence-electron chi connectivity index (χ0n) is 9.55. The van der Waals surface area contributed by atoms with Crippen molar-refractivity contribution in [1.29, 1.82) is 0 Å². The van der Waals surface area contributed by atoms with E-state index < -0.39 is 0 Å². The van der Waals surface area contributed by atoms with Gasteiger partial charge in [-0.3, -0.25) is 4.90 Å². The largest absolute Gasteiger partial charge is 0.395 e. The fraction of sp³-hybridized carbons (Fsp3) is 1.00. The molecule has 6 heteroatoms. The van der Waals surface area contributed by atoms with Gasteiger partial charge < -0.3 is 20.1 Å². The molecule has 3 N–H and O–H groups in total. The summed E-state index contributed by atoms with van der Waals surface area (Å²) >= 11 is 0. The first kappa shape index (κ1) is 15.8. The number of nitrogens with zero attached hydrogens (tertiary/aromatic N) is 1. The van der Waals surface area contributed by atoms with Crippen LogP contribution in [0.5, 0.6) is 0 Å². The standard InChI is InChI=1S/C10H22NO5/c12-4-1-10(16-8-7-15)9-11(2-5-13)3-6-14/h10,13-15H,1-9H2. The van der Waals surface area contributed by atoms with Gasteiger partial charge in [0, 0.05) is 26.1 Å². The first-order valence-electron chi connectivity index (χ1n) is 5.53. The Kier molecular flexibility index (Phi) is 11.1. The van der Waals surface area contributed by atoms with E-state index in [1.165, 1.54) is 0 Å². The Hall–Kier alpha value is -0.240. The molecule has 6 nitrogen and oxygen atoms in total. The molecule has 0 saturated carbocycles. The van der Waals surface area contributed by atoms with Crippen molar-refractivity contribution in [2.24, 2.45) is 0 Å². The van der Waals surface area contributed by atoms with Crippen LogP contribution in [0, 0.1) is 0 Å². The summed E-state index contributed by atoms with van der Waals surface area (Å²) in [6.45, 7) is 1.28. The lowest BCUT2D eigenvalue weighted by Crippen LogP contribution is -2.38. The fourth-order valence-corrected chi connectivity index (χ4v) is 1.44. The predicted molar refractivity (Wildman–Crippen MR) is 57.6 cm³/mol. The van der Waals surface area contributed by atoms with Gasteiger partial charge in [0.05, 0.1) is 39.1 Å². The molecule has 16 heavy (non-hydrogen) atoms. The minimum Gasteiger partial charge on any atom is -0.395 e. The monoisotopic (exact) mass is 236 g/mol. The van der Waals surface area contributed by atoms with Gasteiger partial charge in [0.1, 0.15) is 0 Å². The zero-order chi connectivity index (χ0) is 12.2. The molecular weight excluding hydrogens is 214 g/mol. The topological polar surface area (TPSA) is 93.1 Å². The molecule has 0 amide bonds. The average molecular weight is 236 g/mol. The smallest absolute Gasteiger partial charge is 0.0847 e. The van der Waals surface area contributed by atoms with E-state index in [-0.39, 0.29) is 39.1 Å². The Morgan fingerprint density at radius 1 is 1.06 bits per heavy atom. The van der Waals surface area contributed by atoms with E-state index in [9.17, 15) is 5.11 Å². The van der Waals surface area contributed by atoms with Crippen molar-refractivity contribution in [2.75, 3.05) is 52.7 Å². The first-order chi connectivity index (χ1) is 7.78. The van der Waals surface area contributed by atoms with E-state index in [1.807, 2.05) is 4.90 Å². The van der Waals surface area contributed by atoms with Crippen LogP contribution in [0.3, 0.4) is 0 Å². The molecule has 0 aromatic rings. The molecule has 0 spiro atoms. The quantitative estimate of drug-likeness (QED) is 0.405. The van der Waals surface area contributed by atoms with Crippen LogP contribution < -0.4 is 0 Å². The number of ether oxygens (including phenoxy) is 1. The van der Waals surface area contributed by atoms with Crippen LogP contribution in [0.2, 0.25) is 0 Å². The number of aliphatic hydroxyl groups is 3. The molecule has 0 fully saturated rings. The molecule has 0 heterocycles. The summed E-state index contributed by atoms with van der Waals surface area (Å²) in [4.78, 5) is 1.83. The predicted octanol–water partition coefficient (Wildman–Crippen LogP) is -1.53. The molecule has 0 aromatic carbocycles. The zero-order valence-corrected chi connectivity index (χ0v) is 9.55. The molecule has 0 rings (SSSR count). The molecule has 0 saturated heterocycles. The molecule has 0 aliphatic rings. The Morgan fingerprint density at radius 2 is 1.69 bits per heavy atom. The Bertz CT molecular complexity index is 141. The van der Waals surface area contributed by atoms with E-state index in [0.717, 1.165) is 0 Å². The van der Waals surface area contributed by atoms with Crippen molar-refractivity contribution in [3.05, 3.63) is 0 Å². The van der Waals surface area contributed by atoms with Gasteiger partial charge >= 0.3 is 0 Å². The van der Waals surface area contributed by atoms with Gasteiger partial charge in [-0.25, -0.2) is 5.11 Å². The van der Waals surface area contributed by atoms with Crippen molar-refractivity contribution >= 4 is 0 Å². The Balaban J connectivity index is 3.98. The van der Waals surface area contributed by atoms with Crippen LogP contribution in [0.25, 0.3) is 0 Å². The molecule has 0 aliphatic carbocycles. The van der Waals surface area contributed by atoms with E-state index in [4.69, 9.17) is 20.1 Å². The van der Waals surface area contributed by atoms with Gasteiger partial charge in [-0.2, -0.15) is 0 Å². The molecule has 0 aliphatic heterocycles. The van der Waals surface area contributed by atoms with Crippen LogP contribution in [-0.2, 0) is 9.84 Å². The number of hydrogen-bond acceptors (Lipinski definition) is 5. The third-order valence-corrected chi connectivity index (χ3v) is 2.18. The average Bonchev–Trinajstić information content (AvgIpc) is 2.27.